The van der Waals surface area contributed by atoms with E-state index in [1.165, 1.54) is 6.92 Å². The van der Waals surface area contributed by atoms with E-state index in [1.807, 2.05) is 0 Å². The zero-order chi connectivity index (χ0) is 7.21. The molecule has 0 bridgehead atoms. The first kappa shape index (κ1) is 22.5. The molecule has 0 aromatic rings. The normalized spacial score (nSPS) is 6.70. The van der Waals surface area contributed by atoms with Crippen LogP contribution < -0.4 is 56.3 Å². The van der Waals surface area contributed by atoms with E-state index in [0.29, 0.717) is 0 Å². The summed E-state index contributed by atoms with van der Waals surface area (Å²) in [7, 11) is -4.89. The topological polar surface area (TPSA) is 136 Å². The van der Waals surface area contributed by atoms with Crippen molar-refractivity contribution in [1.29, 1.82) is 5.26 Å². The van der Waals surface area contributed by atoms with Crippen molar-refractivity contribution in [3.05, 3.63) is 0 Å². The predicted molar refractivity (Wildman–Crippen MR) is 26.9 cm³/mol. The summed E-state index contributed by atoms with van der Waals surface area (Å²) in [6.07, 6.45) is 0. The van der Waals surface area contributed by atoms with Crippen LogP contribution in [0, 0.1) is 11.3 Å². The van der Waals surface area contributed by atoms with Crippen LogP contribution in [0.25, 0.3) is 0 Å². The Morgan fingerprint density at radius 2 is 1.60 bits per heavy atom. The molecule has 0 saturated heterocycles. The van der Waals surface area contributed by atoms with Gasteiger partial charge in [0.25, 0.3) is 7.82 Å². The molecule has 0 aliphatic rings. The summed E-state index contributed by atoms with van der Waals surface area (Å²) in [6, 6.07) is 1.75. The smallest absolute Gasteiger partial charge is 0.756 e. The Labute approximate surface area is 101 Å². The third-order valence-corrected chi connectivity index (χ3v) is 0. The van der Waals surface area contributed by atoms with Gasteiger partial charge < -0.3 is 20.2 Å². The fraction of sp³-hybridized carbons (Fsp3) is 0.500. The minimum atomic E-state index is -4.89. The Morgan fingerprint density at radius 1 is 1.60 bits per heavy atom. The molecule has 56 valence electrons. The minimum absolute atomic E-state index is 0. The van der Waals surface area contributed by atoms with Gasteiger partial charge in [0.15, 0.2) is 0 Å². The summed E-state index contributed by atoms with van der Waals surface area (Å²) in [6.45, 7) is 1.43. The molecule has 0 aliphatic heterocycles. The fourth-order valence-corrected chi connectivity index (χ4v) is 0. The van der Waals surface area contributed by atoms with Gasteiger partial charge >= 0.3 is 51.4 Å². The predicted octanol–water partition coefficient (Wildman–Crippen LogP) is -4.85. The Morgan fingerprint density at radius 3 is 1.60 bits per heavy atom. The first-order valence-corrected chi connectivity index (χ1v) is 3.02. The quantitative estimate of drug-likeness (QED) is 0.295. The van der Waals surface area contributed by atoms with E-state index in [2.05, 4.69) is 0 Å². The first-order chi connectivity index (χ1) is 3.41. The summed E-state index contributed by atoms with van der Waals surface area (Å²) in [5.41, 5.74) is 0. The molecule has 8 heteroatoms. The molecular weight excluding hydrogens is 188 g/mol. The van der Waals surface area contributed by atoms with Crippen molar-refractivity contribution in [2.24, 2.45) is 0 Å². The monoisotopic (exact) mass is 195 g/mol. The number of rotatable bonds is 0. The van der Waals surface area contributed by atoms with Gasteiger partial charge in [-0.25, -0.2) is 0 Å². The number of nitrogens with zero attached hydrogens (tertiary/aromatic N) is 1. The molecule has 0 spiro atoms. The SMILES string of the molecule is CC#N.O.O=P([O-])(O)O.[K+]. The van der Waals surface area contributed by atoms with E-state index in [1.54, 1.807) is 6.07 Å². The van der Waals surface area contributed by atoms with Gasteiger partial charge in [-0.1, -0.05) is 0 Å². The zero-order valence-electron chi connectivity index (χ0n) is 5.61. The third-order valence-electron chi connectivity index (χ3n) is 0. The van der Waals surface area contributed by atoms with E-state index in [9.17, 15) is 0 Å². The average molecular weight is 195 g/mol. The Balaban J connectivity index is -0.0000000326. The second-order valence-electron chi connectivity index (χ2n) is 0.714. The summed E-state index contributed by atoms with van der Waals surface area (Å²) < 4.78 is 8.77. The molecule has 0 atom stereocenters. The molecule has 0 radical (unpaired) electrons. The van der Waals surface area contributed by atoms with Gasteiger partial charge in [0.1, 0.15) is 0 Å². The van der Waals surface area contributed by atoms with Crippen molar-refractivity contribution in [2.75, 3.05) is 0 Å². The van der Waals surface area contributed by atoms with Crippen molar-refractivity contribution in [3.8, 4) is 6.07 Å². The van der Waals surface area contributed by atoms with Crippen molar-refractivity contribution in [3.63, 3.8) is 0 Å². The first-order valence-electron chi connectivity index (χ1n) is 1.49. The Kier molecular flexibility index (Phi) is 28.9. The van der Waals surface area contributed by atoms with Crippen LogP contribution in [0.15, 0.2) is 0 Å². The Hall–Kier alpha value is 1.20. The molecular formula is C2H7KNO5P. The maximum Gasteiger partial charge on any atom is 1.00 e. The van der Waals surface area contributed by atoms with Crippen LogP contribution >= 0.6 is 7.82 Å². The van der Waals surface area contributed by atoms with Gasteiger partial charge in [0, 0.05) is 6.92 Å². The number of hydrogen-bond acceptors (Lipinski definition) is 3. The second kappa shape index (κ2) is 12.8. The molecule has 0 amide bonds. The van der Waals surface area contributed by atoms with Crippen molar-refractivity contribution >= 4 is 7.82 Å². The number of nitriles is 1. The molecule has 0 unspecified atom stereocenters. The minimum Gasteiger partial charge on any atom is -0.756 e. The fourth-order valence-electron chi connectivity index (χ4n) is 0. The number of hydrogen-bond donors (Lipinski definition) is 2. The zero-order valence-corrected chi connectivity index (χ0v) is 9.62. The van der Waals surface area contributed by atoms with E-state index in [4.69, 9.17) is 24.5 Å². The van der Waals surface area contributed by atoms with E-state index in [-0.39, 0.29) is 56.9 Å². The van der Waals surface area contributed by atoms with Gasteiger partial charge in [0.2, 0.25) is 0 Å². The molecule has 0 heterocycles. The maximum atomic E-state index is 8.77. The molecule has 10 heavy (non-hydrogen) atoms. The van der Waals surface area contributed by atoms with Gasteiger partial charge in [-0.15, -0.1) is 0 Å². The van der Waals surface area contributed by atoms with Gasteiger partial charge in [-0.05, 0) is 0 Å². The van der Waals surface area contributed by atoms with Crippen LogP contribution in [0.4, 0.5) is 0 Å². The largest absolute Gasteiger partial charge is 1.00 e. The maximum absolute atomic E-state index is 8.77. The molecule has 0 aromatic carbocycles. The third kappa shape index (κ3) is 432. The van der Waals surface area contributed by atoms with Crippen LogP contribution in [-0.4, -0.2) is 15.3 Å². The second-order valence-corrected chi connectivity index (χ2v) is 1.70. The molecule has 0 rings (SSSR count). The van der Waals surface area contributed by atoms with Gasteiger partial charge in [-0.3, -0.25) is 4.57 Å². The molecule has 0 saturated carbocycles. The van der Waals surface area contributed by atoms with Crippen molar-refractivity contribution in [2.45, 2.75) is 6.92 Å². The van der Waals surface area contributed by atoms with Gasteiger partial charge in [0.05, 0.1) is 6.07 Å². The number of phosphoric acid groups is 1. The van der Waals surface area contributed by atoms with Crippen LogP contribution in [0.5, 0.6) is 0 Å². The average Bonchev–Trinajstić information content (AvgIpc) is 1.27. The van der Waals surface area contributed by atoms with E-state index < -0.39 is 7.82 Å². The Bertz CT molecular complexity index is 118. The van der Waals surface area contributed by atoms with Crippen LogP contribution in [0.1, 0.15) is 6.92 Å². The van der Waals surface area contributed by atoms with E-state index >= 15 is 0 Å². The molecule has 0 fully saturated rings. The van der Waals surface area contributed by atoms with E-state index in [0.717, 1.165) is 0 Å². The summed E-state index contributed by atoms with van der Waals surface area (Å²) in [5.74, 6) is 0. The van der Waals surface area contributed by atoms with Gasteiger partial charge in [-0.2, -0.15) is 5.26 Å². The summed E-state index contributed by atoms with van der Waals surface area (Å²) in [4.78, 5) is 22.9. The molecule has 0 aliphatic carbocycles. The molecule has 0 aromatic heterocycles. The van der Waals surface area contributed by atoms with Crippen LogP contribution in [0.2, 0.25) is 0 Å². The summed E-state index contributed by atoms with van der Waals surface area (Å²) in [5, 5.41) is 7.32. The standard InChI is InChI=1S/C2H3N.K.H3O4P.H2O/c1-2-3;;1-5(2,3)4;/h1H3;;(H3,1,2,3,4);1H2/q;+1;;/p-1. The van der Waals surface area contributed by atoms with Crippen LogP contribution in [-0.2, 0) is 4.57 Å². The molecule has 4 N–H and O–H groups in total. The molecule has 6 nitrogen and oxygen atoms in total. The summed E-state index contributed by atoms with van der Waals surface area (Å²) >= 11 is 0. The van der Waals surface area contributed by atoms with Crippen molar-refractivity contribution < 1.29 is 76.1 Å². The van der Waals surface area contributed by atoms with Crippen molar-refractivity contribution in [1.82, 2.24) is 0 Å². The van der Waals surface area contributed by atoms with Crippen LogP contribution in [0.3, 0.4) is 0 Å².